The number of amides is 1. The smallest absolute Gasteiger partial charge is 0.256 e. The molecule has 0 spiro atoms. The van der Waals surface area contributed by atoms with Gasteiger partial charge in [0.05, 0.1) is 22.8 Å². The average Bonchev–Trinajstić information content (AvgIpc) is 2.76. The van der Waals surface area contributed by atoms with Crippen molar-refractivity contribution in [3.05, 3.63) is 52.7 Å². The molecule has 1 aromatic heterocycles. The fourth-order valence-electron chi connectivity index (χ4n) is 2.93. The summed E-state index contributed by atoms with van der Waals surface area (Å²) in [6, 6.07) is 4.56. The number of hydrogen-bond acceptors (Lipinski definition) is 5. The Morgan fingerprint density at radius 3 is 2.72 bits per heavy atom. The third-order valence-corrected chi connectivity index (χ3v) is 4.69. The summed E-state index contributed by atoms with van der Waals surface area (Å²) in [5.74, 6) is 3.54. The molecule has 0 aliphatic carbocycles. The van der Waals surface area contributed by atoms with E-state index in [1.165, 1.54) is 29.4 Å². The topological polar surface area (TPSA) is 58.0 Å². The van der Waals surface area contributed by atoms with Crippen molar-refractivity contribution in [3.63, 3.8) is 0 Å². The van der Waals surface area contributed by atoms with Crippen molar-refractivity contribution >= 4 is 29.4 Å². The second-order valence-electron chi connectivity index (χ2n) is 6.79. The summed E-state index contributed by atoms with van der Waals surface area (Å²) in [6.07, 6.45) is 3.39. The largest absolute Gasteiger partial charge is 0.475 e. The van der Waals surface area contributed by atoms with Gasteiger partial charge in [0, 0.05) is 38.3 Å². The Kier molecular flexibility index (Phi) is 9.41. The first kappa shape index (κ1) is 25.1. The summed E-state index contributed by atoms with van der Waals surface area (Å²) in [5.41, 5.74) is -0.291. The Bertz CT molecular complexity index is 1020. The maximum atomic E-state index is 14.7. The fraction of sp³-hybridized carbons (Fsp3) is 0.348. The van der Waals surface area contributed by atoms with E-state index < -0.39 is 23.6 Å². The van der Waals surface area contributed by atoms with Crippen LogP contribution < -0.4 is 9.75 Å². The van der Waals surface area contributed by atoms with Gasteiger partial charge >= 0.3 is 0 Å². The molecule has 2 aromatic rings. The molecule has 0 saturated heterocycles. The number of carbonyl (C=O) groups is 1. The van der Waals surface area contributed by atoms with Crippen LogP contribution in [0.3, 0.4) is 0 Å². The van der Waals surface area contributed by atoms with E-state index in [0.717, 1.165) is 6.07 Å². The Hall–Kier alpha value is -3.18. The van der Waals surface area contributed by atoms with E-state index in [4.69, 9.17) is 16.3 Å². The van der Waals surface area contributed by atoms with Crippen molar-refractivity contribution in [3.8, 4) is 17.7 Å². The summed E-state index contributed by atoms with van der Waals surface area (Å²) < 4.78 is 34.3. The molecule has 0 saturated carbocycles. The zero-order valence-corrected chi connectivity index (χ0v) is 19.2. The molecule has 2 rings (SSSR count). The van der Waals surface area contributed by atoms with Crippen molar-refractivity contribution in [2.24, 2.45) is 5.10 Å². The number of halogens is 3. The summed E-state index contributed by atoms with van der Waals surface area (Å²) >= 11 is 5.82. The average molecular weight is 463 g/mol. The van der Waals surface area contributed by atoms with E-state index in [9.17, 15) is 13.6 Å². The molecule has 170 valence electrons. The molecule has 1 heterocycles. The first-order chi connectivity index (χ1) is 15.3. The predicted molar refractivity (Wildman–Crippen MR) is 122 cm³/mol. The molecule has 1 atom stereocenters. The number of pyridine rings is 1. The monoisotopic (exact) mass is 462 g/mol. The molecule has 9 heteroatoms. The molecule has 0 aliphatic rings. The minimum absolute atomic E-state index is 0.127. The number of aromatic nitrogens is 1. The van der Waals surface area contributed by atoms with Crippen LogP contribution in [0.2, 0.25) is 5.02 Å². The number of carbonyl (C=O) groups excluding carboxylic acids is 1. The highest BCUT2D eigenvalue weighted by atomic mass is 35.5. The molecule has 0 radical (unpaired) electrons. The normalized spacial score (nSPS) is 11.6. The van der Waals surface area contributed by atoms with Gasteiger partial charge in [-0.3, -0.25) is 9.80 Å². The molecule has 32 heavy (non-hydrogen) atoms. The maximum Gasteiger partial charge on any atom is 0.256 e. The van der Waals surface area contributed by atoms with Gasteiger partial charge in [-0.2, -0.15) is 5.10 Å². The number of likely N-dealkylation sites (N-methyl/N-ethyl adjacent to an activating group) is 1. The lowest BCUT2D eigenvalue weighted by molar-refractivity contribution is 0.0646. The Balaban J connectivity index is 2.27. The number of hydrogen-bond donors (Lipinski definition) is 0. The third kappa shape index (κ3) is 6.66. The molecule has 1 amide bonds. The van der Waals surface area contributed by atoms with E-state index in [1.54, 1.807) is 26.0 Å². The molecule has 6 nitrogen and oxygen atoms in total. The lowest BCUT2D eigenvalue weighted by atomic mass is 10.1. The van der Waals surface area contributed by atoms with Crippen LogP contribution in [-0.2, 0) is 0 Å². The van der Waals surface area contributed by atoms with E-state index in [-0.39, 0.29) is 17.9 Å². The van der Waals surface area contributed by atoms with Gasteiger partial charge in [0.2, 0.25) is 5.88 Å². The van der Waals surface area contributed by atoms with Gasteiger partial charge in [0.15, 0.2) is 5.82 Å². The molecular weight excluding hydrogens is 438 g/mol. The number of rotatable bonds is 8. The van der Waals surface area contributed by atoms with Gasteiger partial charge in [-0.15, -0.1) is 0 Å². The van der Waals surface area contributed by atoms with Crippen LogP contribution in [-0.4, -0.2) is 48.2 Å². The van der Waals surface area contributed by atoms with Crippen LogP contribution in [0.5, 0.6) is 5.88 Å². The third-order valence-electron chi connectivity index (χ3n) is 4.46. The van der Waals surface area contributed by atoms with Crippen LogP contribution in [0.1, 0.15) is 37.6 Å². The highest BCUT2D eigenvalue weighted by Crippen LogP contribution is 2.27. The summed E-state index contributed by atoms with van der Waals surface area (Å²) in [7, 11) is 1.46. The van der Waals surface area contributed by atoms with Crippen molar-refractivity contribution < 1.29 is 18.3 Å². The summed E-state index contributed by atoms with van der Waals surface area (Å²) in [5, 5.41) is 5.68. The molecule has 0 fully saturated rings. The maximum absolute atomic E-state index is 14.7. The van der Waals surface area contributed by atoms with E-state index >= 15 is 0 Å². The van der Waals surface area contributed by atoms with Gasteiger partial charge in [-0.25, -0.2) is 13.8 Å². The summed E-state index contributed by atoms with van der Waals surface area (Å²) in [4.78, 5) is 18.8. The minimum Gasteiger partial charge on any atom is -0.475 e. The second-order valence-corrected chi connectivity index (χ2v) is 7.23. The molecule has 0 N–H and O–H groups in total. The van der Waals surface area contributed by atoms with Crippen LogP contribution >= 0.6 is 11.6 Å². The van der Waals surface area contributed by atoms with Gasteiger partial charge in [0.25, 0.3) is 5.91 Å². The quantitative estimate of drug-likeness (QED) is 0.322. The van der Waals surface area contributed by atoms with Crippen molar-refractivity contribution in [1.82, 2.24) is 9.88 Å². The first-order valence-electron chi connectivity index (χ1n) is 10.1. The van der Waals surface area contributed by atoms with Crippen molar-refractivity contribution in [2.75, 3.05) is 25.2 Å². The van der Waals surface area contributed by atoms with E-state index in [0.29, 0.717) is 29.9 Å². The van der Waals surface area contributed by atoms with Crippen LogP contribution in [0.4, 0.5) is 14.5 Å². The highest BCUT2D eigenvalue weighted by molar-refractivity contribution is 6.30. The van der Waals surface area contributed by atoms with Crippen molar-refractivity contribution in [1.29, 1.82) is 0 Å². The first-order valence-corrected chi connectivity index (χ1v) is 10.4. The van der Waals surface area contributed by atoms with Gasteiger partial charge in [0.1, 0.15) is 18.1 Å². The zero-order chi connectivity index (χ0) is 23.7. The Morgan fingerprint density at radius 1 is 1.34 bits per heavy atom. The molecule has 1 unspecified atom stereocenters. The fourth-order valence-corrected chi connectivity index (χ4v) is 3.04. The Morgan fingerprint density at radius 2 is 2.09 bits per heavy atom. The zero-order valence-electron chi connectivity index (χ0n) is 18.4. The summed E-state index contributed by atoms with van der Waals surface area (Å²) in [6.45, 7) is 5.85. The molecular formula is C23H25ClF2N4O2. The molecule has 0 aliphatic heterocycles. The standard InChI is InChI=1S/C23H25ClF2N4O2/c1-5-7-8-11-28-29(4)22-19(12-18(25)13-20(22)26)23(31)30(6-2)16(3)15-32-21-10-9-17(24)14-27-21/h9-14,16H,5-6,15H2,1-4H3/b28-11-. The van der Waals surface area contributed by atoms with Crippen LogP contribution in [0.15, 0.2) is 35.6 Å². The van der Waals surface area contributed by atoms with Crippen LogP contribution in [0.25, 0.3) is 0 Å². The van der Waals surface area contributed by atoms with Crippen LogP contribution in [0, 0.1) is 23.5 Å². The molecule has 0 bridgehead atoms. The van der Waals surface area contributed by atoms with E-state index in [1.807, 2.05) is 6.92 Å². The number of ether oxygens (including phenoxy) is 1. The molecule has 1 aromatic carbocycles. The minimum atomic E-state index is -0.901. The Labute approximate surface area is 191 Å². The number of hydrazone groups is 1. The lowest BCUT2D eigenvalue weighted by Gasteiger charge is -2.29. The SMILES string of the molecule is CCC#C/C=N\N(C)c1c(F)cc(F)cc1C(=O)N(CC)C(C)COc1ccc(Cl)cn1. The number of benzene rings is 1. The highest BCUT2D eigenvalue weighted by Gasteiger charge is 2.27. The van der Waals surface area contributed by atoms with Gasteiger partial charge < -0.3 is 9.64 Å². The van der Waals surface area contributed by atoms with Gasteiger partial charge in [-0.05, 0) is 26.0 Å². The number of anilines is 1. The van der Waals surface area contributed by atoms with Crippen molar-refractivity contribution in [2.45, 2.75) is 33.2 Å². The second kappa shape index (κ2) is 12.0. The number of nitrogens with zero attached hydrogens (tertiary/aromatic N) is 4. The van der Waals surface area contributed by atoms with E-state index in [2.05, 4.69) is 21.9 Å². The lowest BCUT2D eigenvalue weighted by Crippen LogP contribution is -2.42. The van der Waals surface area contributed by atoms with Gasteiger partial charge in [-0.1, -0.05) is 30.4 Å². The predicted octanol–water partition coefficient (Wildman–Crippen LogP) is 4.78.